The van der Waals surface area contributed by atoms with Gasteiger partial charge < -0.3 is 19.5 Å². The molecule has 0 bridgehead atoms. The Morgan fingerprint density at radius 2 is 1.19 bits per heavy atom. The minimum Gasteiger partial charge on any atom is -0.369 e. The average Bonchev–Trinajstić information content (AvgIpc) is 3.02. The number of hydrogen-bond donors (Lipinski definition) is 1. The van der Waals surface area contributed by atoms with Gasteiger partial charge >= 0.3 is 0 Å². The standard InChI is InChI=1S/C33H37Cl2N5O3/c1-2-18-40-20-28(41-21-24-12-6-3-7-13-24)30(43-23-26-16-10-5-11-17-26)29(42-22-25-14-8-4-9-15-25)27(40)19-36-33-38-31(34)37-32(35)39-33/h3-17,27-30H,2,18-23H2,1H3,(H,36,37,38,39)/t27-,28+,29-,30+/m1/s1. The maximum atomic E-state index is 6.79. The molecule has 1 aliphatic heterocycles. The van der Waals surface area contributed by atoms with Crippen LogP contribution in [0.25, 0.3) is 0 Å². The quantitative estimate of drug-likeness (QED) is 0.172. The van der Waals surface area contributed by atoms with Crippen molar-refractivity contribution >= 4 is 29.2 Å². The van der Waals surface area contributed by atoms with Crippen molar-refractivity contribution in [3.8, 4) is 0 Å². The van der Waals surface area contributed by atoms with Crippen molar-refractivity contribution in [3.63, 3.8) is 0 Å². The summed E-state index contributed by atoms with van der Waals surface area (Å²) in [6.45, 7) is 5.53. The molecule has 4 aromatic rings. The van der Waals surface area contributed by atoms with Gasteiger partial charge in [-0.25, -0.2) is 0 Å². The van der Waals surface area contributed by atoms with Gasteiger partial charge in [0.1, 0.15) is 12.2 Å². The summed E-state index contributed by atoms with van der Waals surface area (Å²) in [6, 6.07) is 30.5. The molecule has 1 fully saturated rings. The van der Waals surface area contributed by atoms with Crippen LogP contribution in [0.15, 0.2) is 91.0 Å². The highest BCUT2D eigenvalue weighted by Gasteiger charge is 2.45. The minimum absolute atomic E-state index is 0.0342. The maximum absolute atomic E-state index is 6.79. The van der Waals surface area contributed by atoms with E-state index < -0.39 is 0 Å². The summed E-state index contributed by atoms with van der Waals surface area (Å²) in [7, 11) is 0. The molecule has 2 heterocycles. The lowest BCUT2D eigenvalue weighted by atomic mass is 9.92. The normalized spacial score (nSPS) is 20.6. The van der Waals surface area contributed by atoms with Crippen LogP contribution in [0.3, 0.4) is 0 Å². The third-order valence-corrected chi connectivity index (χ3v) is 7.73. The van der Waals surface area contributed by atoms with Crippen LogP contribution in [0.1, 0.15) is 30.0 Å². The van der Waals surface area contributed by atoms with Gasteiger partial charge in [-0.3, -0.25) is 4.90 Å². The van der Waals surface area contributed by atoms with Crippen LogP contribution in [-0.2, 0) is 34.0 Å². The number of aromatic nitrogens is 3. The Morgan fingerprint density at radius 1 is 0.698 bits per heavy atom. The van der Waals surface area contributed by atoms with Gasteiger partial charge in [0.2, 0.25) is 16.5 Å². The zero-order valence-electron chi connectivity index (χ0n) is 24.2. The fourth-order valence-corrected chi connectivity index (χ4v) is 5.73. The van der Waals surface area contributed by atoms with Crippen LogP contribution < -0.4 is 5.32 Å². The number of anilines is 1. The highest BCUT2D eigenvalue weighted by molar-refractivity contribution is 6.31. The van der Waals surface area contributed by atoms with Gasteiger partial charge in [-0.2, -0.15) is 15.0 Å². The van der Waals surface area contributed by atoms with Crippen LogP contribution in [0.4, 0.5) is 5.95 Å². The number of nitrogens with zero attached hydrogens (tertiary/aromatic N) is 4. The molecule has 1 N–H and O–H groups in total. The van der Waals surface area contributed by atoms with Crippen LogP contribution >= 0.6 is 23.2 Å². The zero-order chi connectivity index (χ0) is 29.9. The van der Waals surface area contributed by atoms with Crippen molar-refractivity contribution in [1.82, 2.24) is 19.9 Å². The van der Waals surface area contributed by atoms with E-state index >= 15 is 0 Å². The Bertz CT molecular complexity index is 1370. The number of nitrogens with one attached hydrogen (secondary N) is 1. The lowest BCUT2D eigenvalue weighted by Gasteiger charge is -2.48. The van der Waals surface area contributed by atoms with E-state index in [4.69, 9.17) is 37.4 Å². The molecule has 4 atom stereocenters. The molecule has 226 valence electrons. The molecule has 43 heavy (non-hydrogen) atoms. The molecule has 8 nitrogen and oxygen atoms in total. The number of hydrogen-bond acceptors (Lipinski definition) is 8. The van der Waals surface area contributed by atoms with Gasteiger partial charge in [0.05, 0.1) is 32.0 Å². The molecule has 5 rings (SSSR count). The first kappa shape index (κ1) is 31.3. The van der Waals surface area contributed by atoms with Crippen LogP contribution in [0.5, 0.6) is 0 Å². The molecule has 0 radical (unpaired) electrons. The molecule has 0 saturated carbocycles. The van der Waals surface area contributed by atoms with E-state index in [1.165, 1.54) is 0 Å². The fourth-order valence-electron chi connectivity index (χ4n) is 5.37. The van der Waals surface area contributed by atoms with Crippen molar-refractivity contribution in [2.24, 2.45) is 0 Å². The Hall–Kier alpha value is -3.11. The van der Waals surface area contributed by atoms with E-state index in [-0.39, 0.29) is 34.9 Å². The van der Waals surface area contributed by atoms with Crippen molar-refractivity contribution in [2.45, 2.75) is 57.5 Å². The molecular formula is C33H37Cl2N5O3. The number of likely N-dealkylation sites (tertiary alicyclic amines) is 1. The second-order valence-electron chi connectivity index (χ2n) is 10.5. The largest absolute Gasteiger partial charge is 0.369 e. The van der Waals surface area contributed by atoms with E-state index in [0.717, 1.165) is 29.7 Å². The molecule has 0 aliphatic carbocycles. The molecule has 1 aliphatic rings. The molecule has 3 aromatic carbocycles. The Labute approximate surface area is 263 Å². The first-order chi connectivity index (χ1) is 21.1. The summed E-state index contributed by atoms with van der Waals surface area (Å²) in [5.74, 6) is 0.312. The van der Waals surface area contributed by atoms with Crippen LogP contribution in [0, 0.1) is 0 Å². The summed E-state index contributed by atoms with van der Waals surface area (Å²) < 4.78 is 20.2. The summed E-state index contributed by atoms with van der Waals surface area (Å²) >= 11 is 12.1. The zero-order valence-corrected chi connectivity index (χ0v) is 25.7. The molecule has 1 aromatic heterocycles. The predicted octanol–water partition coefficient (Wildman–Crippen LogP) is 6.44. The molecular weight excluding hydrogens is 585 g/mol. The maximum Gasteiger partial charge on any atom is 0.228 e. The molecule has 0 unspecified atom stereocenters. The highest BCUT2D eigenvalue weighted by Crippen LogP contribution is 2.29. The van der Waals surface area contributed by atoms with Crippen LogP contribution in [0.2, 0.25) is 10.6 Å². The first-order valence-corrected chi connectivity index (χ1v) is 15.4. The SMILES string of the molecule is CCCN1C[C@H](OCc2ccccc2)[C@H](OCc2ccccc2)[C@H](OCc2ccccc2)[C@H]1CNc1nc(Cl)nc(Cl)n1. The Balaban J connectivity index is 1.44. The third kappa shape index (κ3) is 9.19. The fraction of sp³-hybridized carbons (Fsp3) is 0.364. The Kier molecular flexibility index (Phi) is 11.7. The first-order valence-electron chi connectivity index (χ1n) is 14.6. The summed E-state index contributed by atoms with van der Waals surface area (Å²) in [4.78, 5) is 14.7. The summed E-state index contributed by atoms with van der Waals surface area (Å²) in [5.41, 5.74) is 3.29. The third-order valence-electron chi connectivity index (χ3n) is 7.39. The summed E-state index contributed by atoms with van der Waals surface area (Å²) in [6.07, 6.45) is 0.0450. The Morgan fingerprint density at radius 3 is 1.70 bits per heavy atom. The van der Waals surface area contributed by atoms with E-state index in [0.29, 0.717) is 38.9 Å². The van der Waals surface area contributed by atoms with Crippen molar-refractivity contribution in [3.05, 3.63) is 118 Å². The van der Waals surface area contributed by atoms with Gasteiger partial charge in [-0.15, -0.1) is 0 Å². The molecule has 0 amide bonds. The van der Waals surface area contributed by atoms with Gasteiger partial charge in [-0.1, -0.05) is 97.9 Å². The lowest BCUT2D eigenvalue weighted by molar-refractivity contribution is -0.201. The minimum atomic E-state index is -0.349. The van der Waals surface area contributed by atoms with Crippen molar-refractivity contribution in [1.29, 1.82) is 0 Å². The van der Waals surface area contributed by atoms with E-state index in [2.05, 4.69) is 68.5 Å². The predicted molar refractivity (Wildman–Crippen MR) is 169 cm³/mol. The van der Waals surface area contributed by atoms with Crippen molar-refractivity contribution in [2.75, 3.05) is 25.0 Å². The van der Waals surface area contributed by atoms with E-state index in [1.807, 2.05) is 54.6 Å². The number of halogens is 2. The molecule has 10 heteroatoms. The van der Waals surface area contributed by atoms with Gasteiger partial charge in [-0.05, 0) is 52.9 Å². The second-order valence-corrected chi connectivity index (χ2v) is 11.2. The number of piperidine rings is 1. The monoisotopic (exact) mass is 621 g/mol. The highest BCUT2D eigenvalue weighted by atomic mass is 35.5. The van der Waals surface area contributed by atoms with E-state index in [1.54, 1.807) is 0 Å². The van der Waals surface area contributed by atoms with Gasteiger partial charge in [0, 0.05) is 13.1 Å². The molecule has 1 saturated heterocycles. The van der Waals surface area contributed by atoms with Gasteiger partial charge in [0.15, 0.2) is 0 Å². The lowest BCUT2D eigenvalue weighted by Crippen LogP contribution is -2.65. The molecule has 0 spiro atoms. The second kappa shape index (κ2) is 16.1. The number of ether oxygens (including phenoxy) is 3. The topological polar surface area (TPSA) is 81.6 Å². The van der Waals surface area contributed by atoms with E-state index in [9.17, 15) is 0 Å². The van der Waals surface area contributed by atoms with Gasteiger partial charge in [0.25, 0.3) is 0 Å². The average molecular weight is 623 g/mol. The van der Waals surface area contributed by atoms with Crippen LogP contribution in [-0.4, -0.2) is 63.8 Å². The smallest absolute Gasteiger partial charge is 0.228 e. The van der Waals surface area contributed by atoms with Crippen molar-refractivity contribution < 1.29 is 14.2 Å². The number of rotatable bonds is 14. The summed E-state index contributed by atoms with van der Waals surface area (Å²) in [5, 5.41) is 3.40. The number of benzene rings is 3.